The summed E-state index contributed by atoms with van der Waals surface area (Å²) in [7, 11) is 0. The first-order chi connectivity index (χ1) is 11.2. The van der Waals surface area contributed by atoms with Gasteiger partial charge in [0.05, 0.1) is 0 Å². The lowest BCUT2D eigenvalue weighted by molar-refractivity contribution is -0.125. The molecule has 2 aliphatic rings. The Hall–Kier alpha value is -2.04. The largest absolute Gasteiger partial charge is 0.371 e. The Labute approximate surface area is 137 Å². The molecule has 1 aromatic rings. The summed E-state index contributed by atoms with van der Waals surface area (Å²) in [6.45, 7) is 4.45. The molecule has 0 aromatic heterocycles. The van der Waals surface area contributed by atoms with Crippen LogP contribution in [0.2, 0.25) is 0 Å². The third-order valence-electron chi connectivity index (χ3n) is 4.66. The summed E-state index contributed by atoms with van der Waals surface area (Å²) in [5.74, 6) is 0.692. The van der Waals surface area contributed by atoms with Crippen LogP contribution in [-0.2, 0) is 9.59 Å². The van der Waals surface area contributed by atoms with Crippen molar-refractivity contribution in [2.45, 2.75) is 32.6 Å². The molecule has 0 bridgehead atoms. The fraction of sp³-hybridized carbons (Fsp3) is 0.556. The average molecular weight is 315 g/mol. The van der Waals surface area contributed by atoms with Gasteiger partial charge in [-0.05, 0) is 56.9 Å². The fourth-order valence-electron chi connectivity index (χ4n) is 3.06. The van der Waals surface area contributed by atoms with Crippen molar-refractivity contribution in [2.24, 2.45) is 11.8 Å². The van der Waals surface area contributed by atoms with Gasteiger partial charge in [-0.3, -0.25) is 9.59 Å². The van der Waals surface area contributed by atoms with Gasteiger partial charge in [0.2, 0.25) is 11.8 Å². The Morgan fingerprint density at radius 1 is 1.00 bits per heavy atom. The molecular weight excluding hydrogens is 290 g/mol. The topological polar surface area (TPSA) is 61.4 Å². The zero-order valence-electron chi connectivity index (χ0n) is 13.7. The number of amides is 2. The molecule has 2 N–H and O–H groups in total. The van der Waals surface area contributed by atoms with E-state index in [0.29, 0.717) is 6.54 Å². The lowest BCUT2D eigenvalue weighted by Crippen LogP contribution is -2.40. The SMILES string of the molecule is CCNC(=O)C1CCN(c2ccc(NC(=O)C3CC3)cc2)CC1. The van der Waals surface area contributed by atoms with Gasteiger partial charge in [0, 0.05) is 42.8 Å². The molecule has 1 saturated heterocycles. The van der Waals surface area contributed by atoms with E-state index >= 15 is 0 Å². The summed E-state index contributed by atoms with van der Waals surface area (Å²) >= 11 is 0. The maximum absolute atomic E-state index is 11.9. The summed E-state index contributed by atoms with van der Waals surface area (Å²) in [4.78, 5) is 25.9. The lowest BCUT2D eigenvalue weighted by atomic mass is 9.95. The van der Waals surface area contributed by atoms with Crippen molar-refractivity contribution in [3.8, 4) is 0 Å². The van der Waals surface area contributed by atoms with Gasteiger partial charge in [-0.15, -0.1) is 0 Å². The van der Waals surface area contributed by atoms with E-state index in [1.807, 2.05) is 19.1 Å². The summed E-state index contributed by atoms with van der Waals surface area (Å²) in [6.07, 6.45) is 3.83. The number of hydrogen-bond acceptors (Lipinski definition) is 3. The van der Waals surface area contributed by atoms with Crippen LogP contribution in [0.5, 0.6) is 0 Å². The molecule has 1 aromatic carbocycles. The van der Waals surface area contributed by atoms with Gasteiger partial charge in [0.25, 0.3) is 0 Å². The number of nitrogens with one attached hydrogen (secondary N) is 2. The molecule has 1 aliphatic heterocycles. The van der Waals surface area contributed by atoms with Crippen LogP contribution < -0.4 is 15.5 Å². The van der Waals surface area contributed by atoms with Crippen molar-refractivity contribution in [3.63, 3.8) is 0 Å². The first kappa shape index (κ1) is 15.8. The quantitative estimate of drug-likeness (QED) is 0.877. The van der Waals surface area contributed by atoms with Crippen LogP contribution in [-0.4, -0.2) is 31.4 Å². The molecule has 2 fully saturated rings. The van der Waals surface area contributed by atoms with Gasteiger partial charge >= 0.3 is 0 Å². The van der Waals surface area contributed by atoms with E-state index in [-0.39, 0.29) is 23.7 Å². The molecule has 1 aliphatic carbocycles. The molecule has 0 radical (unpaired) electrons. The van der Waals surface area contributed by atoms with Crippen molar-refractivity contribution in [1.29, 1.82) is 0 Å². The van der Waals surface area contributed by atoms with E-state index < -0.39 is 0 Å². The third kappa shape index (κ3) is 4.03. The molecule has 1 heterocycles. The van der Waals surface area contributed by atoms with Crippen LogP contribution >= 0.6 is 0 Å². The second-order valence-electron chi connectivity index (χ2n) is 6.47. The second kappa shape index (κ2) is 7.02. The normalized spacial score (nSPS) is 18.6. The molecular formula is C18H25N3O2. The zero-order valence-corrected chi connectivity index (χ0v) is 13.7. The van der Waals surface area contributed by atoms with Gasteiger partial charge in [0.15, 0.2) is 0 Å². The van der Waals surface area contributed by atoms with Crippen molar-refractivity contribution in [2.75, 3.05) is 29.9 Å². The molecule has 5 nitrogen and oxygen atoms in total. The minimum absolute atomic E-state index is 0.139. The maximum atomic E-state index is 11.9. The highest BCUT2D eigenvalue weighted by molar-refractivity contribution is 5.94. The second-order valence-corrected chi connectivity index (χ2v) is 6.47. The number of benzene rings is 1. The van der Waals surface area contributed by atoms with Gasteiger partial charge < -0.3 is 15.5 Å². The third-order valence-corrected chi connectivity index (χ3v) is 4.66. The number of carbonyl (C=O) groups excluding carboxylic acids is 2. The predicted octanol–water partition coefficient (Wildman–Crippen LogP) is 2.39. The molecule has 23 heavy (non-hydrogen) atoms. The van der Waals surface area contributed by atoms with E-state index in [4.69, 9.17) is 0 Å². The number of rotatable bonds is 5. The van der Waals surface area contributed by atoms with E-state index in [2.05, 4.69) is 27.7 Å². The molecule has 5 heteroatoms. The van der Waals surface area contributed by atoms with Gasteiger partial charge in [0.1, 0.15) is 0 Å². The fourth-order valence-corrected chi connectivity index (χ4v) is 3.06. The van der Waals surface area contributed by atoms with Crippen molar-refractivity contribution >= 4 is 23.2 Å². The lowest BCUT2D eigenvalue weighted by Gasteiger charge is -2.33. The molecule has 1 saturated carbocycles. The highest BCUT2D eigenvalue weighted by atomic mass is 16.2. The molecule has 124 valence electrons. The number of carbonyl (C=O) groups is 2. The maximum Gasteiger partial charge on any atom is 0.227 e. The minimum atomic E-state index is 0.139. The summed E-state index contributed by atoms with van der Waals surface area (Å²) in [5.41, 5.74) is 2.02. The van der Waals surface area contributed by atoms with E-state index in [9.17, 15) is 9.59 Å². The molecule has 0 atom stereocenters. The Bertz CT molecular complexity index is 558. The Kier molecular flexibility index (Phi) is 4.84. The molecule has 2 amide bonds. The van der Waals surface area contributed by atoms with E-state index in [1.54, 1.807) is 0 Å². The van der Waals surface area contributed by atoms with Crippen LogP contribution in [0.3, 0.4) is 0 Å². The molecule has 0 unspecified atom stereocenters. The van der Waals surface area contributed by atoms with Crippen LogP contribution in [0.25, 0.3) is 0 Å². The standard InChI is InChI=1S/C18H25N3O2/c1-2-19-17(22)14-9-11-21(12-10-14)16-7-5-15(6-8-16)20-18(23)13-3-4-13/h5-8,13-14H,2-4,9-12H2,1H3,(H,19,22)(H,20,23). The smallest absolute Gasteiger partial charge is 0.227 e. The summed E-state index contributed by atoms with van der Waals surface area (Å²) < 4.78 is 0. The van der Waals surface area contributed by atoms with Crippen molar-refractivity contribution in [3.05, 3.63) is 24.3 Å². The summed E-state index contributed by atoms with van der Waals surface area (Å²) in [5, 5.41) is 5.87. The predicted molar refractivity (Wildman–Crippen MR) is 91.4 cm³/mol. The number of hydrogen-bond donors (Lipinski definition) is 2. The van der Waals surface area contributed by atoms with Crippen LogP contribution in [0.15, 0.2) is 24.3 Å². The highest BCUT2D eigenvalue weighted by Crippen LogP contribution is 2.30. The molecule has 3 rings (SSSR count). The number of piperidine rings is 1. The zero-order chi connectivity index (χ0) is 16.2. The Morgan fingerprint density at radius 3 is 2.17 bits per heavy atom. The van der Waals surface area contributed by atoms with Crippen molar-refractivity contribution in [1.82, 2.24) is 5.32 Å². The van der Waals surface area contributed by atoms with Crippen molar-refractivity contribution < 1.29 is 9.59 Å². The average Bonchev–Trinajstić information content (AvgIpc) is 3.41. The van der Waals surface area contributed by atoms with Gasteiger partial charge in [-0.2, -0.15) is 0 Å². The number of anilines is 2. The monoisotopic (exact) mass is 315 g/mol. The first-order valence-electron chi connectivity index (χ1n) is 8.61. The van der Waals surface area contributed by atoms with Crippen LogP contribution in [0.4, 0.5) is 11.4 Å². The minimum Gasteiger partial charge on any atom is -0.371 e. The van der Waals surface area contributed by atoms with E-state index in [1.165, 1.54) is 0 Å². The Balaban J connectivity index is 1.52. The number of nitrogens with zero attached hydrogens (tertiary/aromatic N) is 1. The summed E-state index contributed by atoms with van der Waals surface area (Å²) in [6, 6.07) is 8.03. The first-order valence-corrected chi connectivity index (χ1v) is 8.61. The van der Waals surface area contributed by atoms with Crippen LogP contribution in [0.1, 0.15) is 32.6 Å². The van der Waals surface area contributed by atoms with E-state index in [0.717, 1.165) is 50.1 Å². The van der Waals surface area contributed by atoms with Gasteiger partial charge in [-0.25, -0.2) is 0 Å². The van der Waals surface area contributed by atoms with Gasteiger partial charge in [-0.1, -0.05) is 0 Å². The Morgan fingerprint density at radius 2 is 1.61 bits per heavy atom. The highest BCUT2D eigenvalue weighted by Gasteiger charge is 2.29. The molecule has 0 spiro atoms. The van der Waals surface area contributed by atoms with Crippen LogP contribution in [0, 0.1) is 11.8 Å².